The number of hydrogen-bond donors (Lipinski definition) is 1. The fourth-order valence-corrected chi connectivity index (χ4v) is 1.74. The minimum Gasteiger partial charge on any atom is -0.495 e. The molecule has 0 saturated heterocycles. The van der Waals surface area contributed by atoms with Gasteiger partial charge in [-0.25, -0.2) is 4.68 Å². The number of rotatable bonds is 3. The van der Waals surface area contributed by atoms with Gasteiger partial charge in [-0.2, -0.15) is 5.10 Å². The molecule has 0 aliphatic rings. The molecule has 84 valence electrons. The number of hydrogen-bond acceptors (Lipinski definition) is 3. The lowest BCUT2D eigenvalue weighted by Crippen LogP contribution is -2.05. The van der Waals surface area contributed by atoms with E-state index in [1.54, 1.807) is 24.1 Å². The first kappa shape index (κ1) is 10.8. The molecule has 0 aliphatic heterocycles. The van der Waals surface area contributed by atoms with Crippen LogP contribution in [-0.2, 0) is 6.54 Å². The van der Waals surface area contributed by atoms with Gasteiger partial charge in [0.2, 0.25) is 0 Å². The first-order valence-corrected chi connectivity index (χ1v) is 5.18. The van der Waals surface area contributed by atoms with Crippen LogP contribution in [0.1, 0.15) is 5.56 Å². The summed E-state index contributed by atoms with van der Waals surface area (Å²) in [5.74, 6) is 1.30. The SMILES string of the molecule is COc1ccc(Cn2nccc2N)cc1Cl. The molecule has 2 N–H and O–H groups in total. The molecule has 4 nitrogen and oxygen atoms in total. The molecule has 0 fully saturated rings. The van der Waals surface area contributed by atoms with Crippen molar-refractivity contribution in [2.75, 3.05) is 12.8 Å². The van der Waals surface area contributed by atoms with Gasteiger partial charge in [0, 0.05) is 0 Å². The van der Waals surface area contributed by atoms with Gasteiger partial charge in [-0.1, -0.05) is 17.7 Å². The van der Waals surface area contributed by atoms with Crippen molar-refractivity contribution in [3.8, 4) is 5.75 Å². The van der Waals surface area contributed by atoms with Crippen molar-refractivity contribution in [2.24, 2.45) is 0 Å². The van der Waals surface area contributed by atoms with E-state index in [9.17, 15) is 0 Å². The van der Waals surface area contributed by atoms with Gasteiger partial charge in [0.25, 0.3) is 0 Å². The maximum Gasteiger partial charge on any atom is 0.137 e. The largest absolute Gasteiger partial charge is 0.495 e. The van der Waals surface area contributed by atoms with Crippen LogP contribution in [0.2, 0.25) is 5.02 Å². The van der Waals surface area contributed by atoms with Gasteiger partial charge in [0.05, 0.1) is 24.9 Å². The summed E-state index contributed by atoms with van der Waals surface area (Å²) in [6, 6.07) is 7.37. The third kappa shape index (κ3) is 2.12. The lowest BCUT2D eigenvalue weighted by molar-refractivity contribution is 0.415. The Hall–Kier alpha value is -1.68. The third-order valence-electron chi connectivity index (χ3n) is 2.30. The van der Waals surface area contributed by atoms with Crippen molar-refractivity contribution in [3.63, 3.8) is 0 Å². The zero-order chi connectivity index (χ0) is 11.5. The fourth-order valence-electron chi connectivity index (χ4n) is 1.46. The summed E-state index contributed by atoms with van der Waals surface area (Å²) in [5, 5.41) is 4.69. The van der Waals surface area contributed by atoms with Gasteiger partial charge in [-0.05, 0) is 23.8 Å². The maximum atomic E-state index is 6.02. The molecule has 5 heteroatoms. The van der Waals surface area contributed by atoms with Crippen LogP contribution in [0.5, 0.6) is 5.75 Å². The van der Waals surface area contributed by atoms with Gasteiger partial charge in [0.1, 0.15) is 11.6 Å². The minimum absolute atomic E-state index is 0.589. The second-order valence-electron chi connectivity index (χ2n) is 3.38. The Labute approximate surface area is 98.6 Å². The van der Waals surface area contributed by atoms with Crippen LogP contribution >= 0.6 is 11.6 Å². The lowest BCUT2D eigenvalue weighted by Gasteiger charge is -2.07. The molecule has 0 radical (unpaired) electrons. The molecule has 0 aliphatic carbocycles. The van der Waals surface area contributed by atoms with E-state index in [-0.39, 0.29) is 0 Å². The molecule has 1 aromatic carbocycles. The van der Waals surface area contributed by atoms with Gasteiger partial charge in [-0.3, -0.25) is 0 Å². The molecule has 1 heterocycles. The fraction of sp³-hybridized carbons (Fsp3) is 0.182. The number of halogens is 1. The van der Waals surface area contributed by atoms with E-state index in [1.807, 2.05) is 18.2 Å². The first-order chi connectivity index (χ1) is 7.70. The number of nitrogens with two attached hydrogens (primary N) is 1. The Bertz CT molecular complexity index is 496. The number of nitrogens with zero attached hydrogens (tertiary/aromatic N) is 2. The molecule has 0 bridgehead atoms. The smallest absolute Gasteiger partial charge is 0.137 e. The summed E-state index contributed by atoms with van der Waals surface area (Å²) >= 11 is 6.02. The molecule has 0 saturated carbocycles. The van der Waals surface area contributed by atoms with Gasteiger partial charge >= 0.3 is 0 Å². The Morgan fingerprint density at radius 2 is 2.25 bits per heavy atom. The predicted molar refractivity (Wildman–Crippen MR) is 63.7 cm³/mol. The van der Waals surface area contributed by atoms with Gasteiger partial charge in [-0.15, -0.1) is 0 Å². The van der Waals surface area contributed by atoms with Crippen molar-refractivity contribution < 1.29 is 4.74 Å². The number of anilines is 1. The number of benzene rings is 1. The molecular formula is C11H12ClN3O. The van der Waals surface area contributed by atoms with Crippen LogP contribution < -0.4 is 10.5 Å². The Kier molecular flexibility index (Phi) is 3.01. The second kappa shape index (κ2) is 4.45. The monoisotopic (exact) mass is 237 g/mol. The summed E-state index contributed by atoms with van der Waals surface area (Å²) in [6.45, 7) is 0.600. The van der Waals surface area contributed by atoms with Gasteiger partial charge in [0.15, 0.2) is 0 Å². The zero-order valence-electron chi connectivity index (χ0n) is 8.85. The van der Waals surface area contributed by atoms with Crippen molar-refractivity contribution in [3.05, 3.63) is 41.0 Å². The molecule has 1 aromatic heterocycles. The topological polar surface area (TPSA) is 53.1 Å². The summed E-state index contributed by atoms with van der Waals surface area (Å²) in [5.41, 5.74) is 6.75. The molecule has 16 heavy (non-hydrogen) atoms. The van der Waals surface area contributed by atoms with Crippen LogP contribution in [0, 0.1) is 0 Å². The molecule has 2 aromatic rings. The van der Waals surface area contributed by atoms with E-state index in [0.717, 1.165) is 5.56 Å². The molecule has 0 atom stereocenters. The highest BCUT2D eigenvalue weighted by Gasteiger charge is 2.04. The van der Waals surface area contributed by atoms with Crippen LogP contribution in [-0.4, -0.2) is 16.9 Å². The van der Waals surface area contributed by atoms with Crippen LogP contribution in [0.25, 0.3) is 0 Å². The highest BCUT2D eigenvalue weighted by molar-refractivity contribution is 6.32. The van der Waals surface area contributed by atoms with Crippen molar-refractivity contribution in [1.29, 1.82) is 0 Å². The Balaban J connectivity index is 2.23. The average Bonchev–Trinajstić information content (AvgIpc) is 2.65. The number of ether oxygens (including phenoxy) is 1. The summed E-state index contributed by atoms with van der Waals surface area (Å²) in [6.07, 6.45) is 1.67. The molecule has 0 unspecified atom stereocenters. The lowest BCUT2D eigenvalue weighted by atomic mass is 10.2. The van der Waals surface area contributed by atoms with E-state index in [1.165, 1.54) is 0 Å². The summed E-state index contributed by atoms with van der Waals surface area (Å²) in [7, 11) is 1.59. The summed E-state index contributed by atoms with van der Waals surface area (Å²) < 4.78 is 6.79. The predicted octanol–water partition coefficient (Wildman–Crippen LogP) is 2.18. The average molecular weight is 238 g/mol. The molecule has 0 spiro atoms. The number of nitrogen functional groups attached to an aromatic ring is 1. The van der Waals surface area contributed by atoms with E-state index in [4.69, 9.17) is 22.1 Å². The zero-order valence-corrected chi connectivity index (χ0v) is 9.61. The quantitative estimate of drug-likeness (QED) is 0.890. The molecular weight excluding hydrogens is 226 g/mol. The van der Waals surface area contributed by atoms with Crippen LogP contribution in [0.3, 0.4) is 0 Å². The van der Waals surface area contributed by atoms with Crippen LogP contribution in [0.15, 0.2) is 30.5 Å². The van der Waals surface area contributed by atoms with Crippen molar-refractivity contribution in [1.82, 2.24) is 9.78 Å². The van der Waals surface area contributed by atoms with E-state index in [0.29, 0.717) is 23.1 Å². The maximum absolute atomic E-state index is 6.02. The van der Waals surface area contributed by atoms with Crippen LogP contribution in [0.4, 0.5) is 5.82 Å². The van der Waals surface area contributed by atoms with E-state index in [2.05, 4.69) is 5.10 Å². The molecule has 0 amide bonds. The van der Waals surface area contributed by atoms with E-state index >= 15 is 0 Å². The normalized spacial score (nSPS) is 10.4. The van der Waals surface area contributed by atoms with Crippen molar-refractivity contribution in [2.45, 2.75) is 6.54 Å². The Morgan fingerprint density at radius 3 is 2.81 bits per heavy atom. The highest BCUT2D eigenvalue weighted by Crippen LogP contribution is 2.25. The highest BCUT2D eigenvalue weighted by atomic mass is 35.5. The van der Waals surface area contributed by atoms with Crippen molar-refractivity contribution >= 4 is 17.4 Å². The van der Waals surface area contributed by atoms with E-state index < -0.39 is 0 Å². The number of aromatic nitrogens is 2. The first-order valence-electron chi connectivity index (χ1n) is 4.80. The summed E-state index contributed by atoms with van der Waals surface area (Å²) in [4.78, 5) is 0. The number of methoxy groups -OCH3 is 1. The van der Waals surface area contributed by atoms with Gasteiger partial charge < -0.3 is 10.5 Å². The third-order valence-corrected chi connectivity index (χ3v) is 2.59. The second-order valence-corrected chi connectivity index (χ2v) is 3.79. The standard InChI is InChI=1S/C11H12ClN3O/c1-16-10-3-2-8(6-9(10)12)7-15-11(13)4-5-14-15/h2-6H,7,13H2,1H3. The molecule has 2 rings (SSSR count). The minimum atomic E-state index is 0.589. The Morgan fingerprint density at radius 1 is 1.44 bits per heavy atom.